The van der Waals surface area contributed by atoms with Crippen molar-refractivity contribution < 1.29 is 14.6 Å². The summed E-state index contributed by atoms with van der Waals surface area (Å²) in [6, 6.07) is 18.5. The summed E-state index contributed by atoms with van der Waals surface area (Å²) in [7, 11) is 0. The number of aromatic hydroxyl groups is 1. The number of aromatic amines is 2. The molecule has 3 heterocycles. The van der Waals surface area contributed by atoms with E-state index in [2.05, 4.69) is 20.3 Å². The average molecular weight is 473 g/mol. The van der Waals surface area contributed by atoms with Gasteiger partial charge in [-0.1, -0.05) is 18.2 Å². The molecule has 0 atom stereocenters. The molecule has 2 aromatic carbocycles. The molecule has 0 fully saturated rings. The molecule has 170 valence electrons. The zero-order chi connectivity index (χ0) is 23.7. The number of aromatic nitrogens is 3. The smallest absolute Gasteiger partial charge is 0.326 e. The summed E-state index contributed by atoms with van der Waals surface area (Å²) in [5.74, 6) is 0.0436. The number of anilines is 1. The van der Waals surface area contributed by atoms with Crippen molar-refractivity contribution in [1.82, 2.24) is 15.0 Å². The number of amides is 1. The molecular weight excluding hydrogens is 452 g/mol. The van der Waals surface area contributed by atoms with Crippen molar-refractivity contribution in [3.63, 3.8) is 0 Å². The topological polar surface area (TPSA) is 120 Å². The van der Waals surface area contributed by atoms with Crippen LogP contribution in [-0.2, 0) is 6.61 Å². The first-order chi connectivity index (χ1) is 16.5. The number of carbonyl (C=O) groups excluding carboxylic acids is 1. The maximum Gasteiger partial charge on any atom is 0.326 e. The van der Waals surface area contributed by atoms with E-state index in [4.69, 9.17) is 4.74 Å². The maximum absolute atomic E-state index is 12.8. The Hall–Kier alpha value is -4.37. The average Bonchev–Trinajstić information content (AvgIpc) is 3.42. The number of hydrogen-bond donors (Lipinski definition) is 4. The highest BCUT2D eigenvalue weighted by Gasteiger charge is 2.17. The molecule has 0 radical (unpaired) electrons. The molecule has 0 aliphatic carbocycles. The van der Waals surface area contributed by atoms with Crippen molar-refractivity contribution in [1.29, 1.82) is 0 Å². The van der Waals surface area contributed by atoms with Crippen LogP contribution in [0, 0.1) is 6.92 Å². The fraction of sp³-hybridized carbons (Fsp3) is 0.0800. The molecule has 1 amide bonds. The Morgan fingerprint density at radius 3 is 2.68 bits per heavy atom. The summed E-state index contributed by atoms with van der Waals surface area (Å²) in [5, 5.41) is 15.5. The Morgan fingerprint density at radius 1 is 1.12 bits per heavy atom. The first kappa shape index (κ1) is 21.5. The van der Waals surface area contributed by atoms with Crippen molar-refractivity contribution >= 4 is 33.8 Å². The molecule has 5 rings (SSSR count). The lowest BCUT2D eigenvalue weighted by Crippen LogP contribution is -2.12. The Balaban J connectivity index is 1.28. The second kappa shape index (κ2) is 8.87. The van der Waals surface area contributed by atoms with Crippen molar-refractivity contribution in [2.45, 2.75) is 13.5 Å². The number of benzene rings is 2. The van der Waals surface area contributed by atoms with Crippen molar-refractivity contribution in [2.24, 2.45) is 0 Å². The van der Waals surface area contributed by atoms with Gasteiger partial charge >= 0.3 is 5.69 Å². The normalized spacial score (nSPS) is 11.0. The number of para-hydroxylation sites is 1. The predicted molar refractivity (Wildman–Crippen MR) is 132 cm³/mol. The van der Waals surface area contributed by atoms with E-state index < -0.39 is 5.69 Å². The van der Waals surface area contributed by atoms with E-state index in [0.717, 1.165) is 22.2 Å². The van der Waals surface area contributed by atoms with Gasteiger partial charge in [-0.05, 0) is 54.8 Å². The summed E-state index contributed by atoms with van der Waals surface area (Å²) in [6.45, 7) is 2.34. The van der Waals surface area contributed by atoms with Crippen molar-refractivity contribution in [2.75, 3.05) is 5.32 Å². The first-order valence-corrected chi connectivity index (χ1v) is 11.3. The van der Waals surface area contributed by atoms with E-state index in [1.54, 1.807) is 35.7 Å². The third-order valence-electron chi connectivity index (χ3n) is 5.29. The van der Waals surface area contributed by atoms with Gasteiger partial charge in [0, 0.05) is 22.2 Å². The third-order valence-corrected chi connectivity index (χ3v) is 6.22. The summed E-state index contributed by atoms with van der Waals surface area (Å²) in [6.07, 6.45) is 0. The van der Waals surface area contributed by atoms with E-state index in [1.165, 1.54) is 11.3 Å². The number of nitrogens with one attached hydrogen (secondary N) is 3. The lowest BCUT2D eigenvalue weighted by molar-refractivity contribution is 0.102. The SMILES string of the molecule is Cc1cc(COc2ccc(C(=O)Nc3ccsc3-c3[nH]c(=O)[nH]c3O)cc2)c2ccccc2n1. The van der Waals surface area contributed by atoms with Crippen LogP contribution in [0.5, 0.6) is 11.6 Å². The number of imidazole rings is 1. The molecule has 4 N–H and O–H groups in total. The Labute approximate surface area is 197 Å². The molecule has 3 aromatic heterocycles. The highest BCUT2D eigenvalue weighted by Crippen LogP contribution is 2.36. The number of nitrogens with zero attached hydrogens (tertiary/aromatic N) is 1. The molecule has 0 bridgehead atoms. The minimum Gasteiger partial charge on any atom is -0.493 e. The highest BCUT2D eigenvalue weighted by atomic mass is 32.1. The number of pyridine rings is 1. The van der Waals surface area contributed by atoms with Crippen LogP contribution >= 0.6 is 11.3 Å². The van der Waals surface area contributed by atoms with Gasteiger partial charge in [-0.25, -0.2) is 4.79 Å². The number of ether oxygens (including phenoxy) is 1. The summed E-state index contributed by atoms with van der Waals surface area (Å²) >= 11 is 1.29. The van der Waals surface area contributed by atoms with Crippen LogP contribution < -0.4 is 15.7 Å². The van der Waals surface area contributed by atoms with Gasteiger partial charge in [0.25, 0.3) is 5.91 Å². The number of hydrogen-bond acceptors (Lipinski definition) is 6. The van der Waals surface area contributed by atoms with Gasteiger partial charge in [-0.2, -0.15) is 0 Å². The van der Waals surface area contributed by atoms with Gasteiger partial charge in [0.2, 0.25) is 5.88 Å². The summed E-state index contributed by atoms with van der Waals surface area (Å²) in [5.41, 5.74) is 3.54. The molecule has 0 aliphatic heterocycles. The van der Waals surface area contributed by atoms with Crippen LogP contribution in [0.25, 0.3) is 21.5 Å². The van der Waals surface area contributed by atoms with Gasteiger partial charge in [0.15, 0.2) is 0 Å². The van der Waals surface area contributed by atoms with Crippen LogP contribution in [0.3, 0.4) is 0 Å². The van der Waals surface area contributed by atoms with Gasteiger partial charge < -0.3 is 20.1 Å². The number of fused-ring (bicyclic) bond motifs is 1. The molecule has 0 saturated heterocycles. The van der Waals surface area contributed by atoms with Gasteiger partial charge in [-0.15, -0.1) is 11.3 Å². The molecule has 0 saturated carbocycles. The quantitative estimate of drug-likeness (QED) is 0.282. The number of rotatable bonds is 6. The van der Waals surface area contributed by atoms with Gasteiger partial charge in [0.1, 0.15) is 18.1 Å². The predicted octanol–water partition coefficient (Wildman–Crippen LogP) is 4.83. The minimum absolute atomic E-state index is 0.234. The van der Waals surface area contributed by atoms with Gasteiger partial charge in [-0.3, -0.25) is 14.8 Å². The van der Waals surface area contributed by atoms with Crippen LogP contribution in [-0.4, -0.2) is 26.0 Å². The minimum atomic E-state index is -0.524. The van der Waals surface area contributed by atoms with Gasteiger partial charge in [0.05, 0.1) is 16.1 Å². The highest BCUT2D eigenvalue weighted by molar-refractivity contribution is 7.14. The molecular formula is C25H20N4O4S. The second-order valence-corrected chi connectivity index (χ2v) is 8.59. The van der Waals surface area contributed by atoms with E-state index in [1.807, 2.05) is 37.3 Å². The fourth-order valence-electron chi connectivity index (χ4n) is 3.71. The summed E-state index contributed by atoms with van der Waals surface area (Å²) in [4.78, 5) is 34.1. The maximum atomic E-state index is 12.8. The van der Waals surface area contributed by atoms with Crippen molar-refractivity contribution in [3.8, 4) is 22.2 Å². The Morgan fingerprint density at radius 2 is 1.91 bits per heavy atom. The van der Waals surface area contributed by atoms with E-state index in [-0.39, 0.29) is 17.5 Å². The summed E-state index contributed by atoms with van der Waals surface area (Å²) < 4.78 is 5.97. The largest absolute Gasteiger partial charge is 0.493 e. The zero-order valence-corrected chi connectivity index (χ0v) is 18.9. The number of H-pyrrole nitrogens is 2. The van der Waals surface area contributed by atoms with Crippen LogP contribution in [0.1, 0.15) is 21.6 Å². The molecule has 0 unspecified atom stereocenters. The second-order valence-electron chi connectivity index (χ2n) is 7.67. The molecule has 9 heteroatoms. The Bertz CT molecular complexity index is 1550. The molecule has 0 spiro atoms. The molecule has 0 aliphatic rings. The third kappa shape index (κ3) is 4.28. The van der Waals surface area contributed by atoms with E-state index >= 15 is 0 Å². The zero-order valence-electron chi connectivity index (χ0n) is 18.1. The first-order valence-electron chi connectivity index (χ1n) is 10.5. The van der Waals surface area contributed by atoms with E-state index in [9.17, 15) is 14.7 Å². The number of thiophene rings is 1. The standard InChI is InChI=1S/C25H20N4O4S/c1-14-12-16(18-4-2-3-5-19(18)26-14)13-33-17-8-6-15(7-9-17)23(30)27-20-10-11-34-22(20)21-24(31)29-25(32)28-21/h2-12,31H,13H2,1H3,(H,27,30)(H2,28,29,32). The molecule has 5 aromatic rings. The van der Waals surface area contributed by atoms with Crippen LogP contribution in [0.4, 0.5) is 5.69 Å². The monoisotopic (exact) mass is 472 g/mol. The van der Waals surface area contributed by atoms with E-state index in [0.29, 0.717) is 28.5 Å². The Kier molecular flexibility index (Phi) is 5.60. The van der Waals surface area contributed by atoms with Crippen LogP contribution in [0.2, 0.25) is 0 Å². The fourth-order valence-corrected chi connectivity index (χ4v) is 4.56. The molecule has 8 nitrogen and oxygen atoms in total. The lowest BCUT2D eigenvalue weighted by Gasteiger charge is -2.11. The number of aryl methyl sites for hydroxylation is 1. The lowest BCUT2D eigenvalue weighted by atomic mass is 10.1. The molecule has 34 heavy (non-hydrogen) atoms. The van der Waals surface area contributed by atoms with Crippen LogP contribution in [0.15, 0.2) is 70.8 Å². The van der Waals surface area contributed by atoms with Crippen molar-refractivity contribution in [3.05, 3.63) is 93.3 Å². The number of carbonyl (C=O) groups is 1.